The van der Waals surface area contributed by atoms with E-state index in [0.717, 1.165) is 37.6 Å². The quantitative estimate of drug-likeness (QED) is 0.670. The summed E-state index contributed by atoms with van der Waals surface area (Å²) < 4.78 is 11.4. The van der Waals surface area contributed by atoms with Crippen LogP contribution in [-0.4, -0.2) is 13.2 Å². The molecule has 0 N–H and O–H groups in total. The summed E-state index contributed by atoms with van der Waals surface area (Å²) in [6.07, 6.45) is 8.93. The van der Waals surface area contributed by atoms with Gasteiger partial charge in [-0.3, -0.25) is 0 Å². The van der Waals surface area contributed by atoms with E-state index >= 15 is 0 Å². The first-order valence-electron chi connectivity index (χ1n) is 6.81. The number of benzene rings is 1. The Balaban J connectivity index is 1.88. The number of rotatable bonds is 0. The van der Waals surface area contributed by atoms with Gasteiger partial charge in [-0.25, -0.2) is 0 Å². The molecule has 1 aromatic rings. The van der Waals surface area contributed by atoms with E-state index in [0.29, 0.717) is 0 Å². The Morgan fingerprint density at radius 1 is 0.529 bits per heavy atom. The van der Waals surface area contributed by atoms with Crippen molar-refractivity contribution in [2.24, 2.45) is 0 Å². The lowest BCUT2D eigenvalue weighted by Crippen LogP contribution is -1.98. The lowest BCUT2D eigenvalue weighted by molar-refractivity contribution is 0.301. The molecule has 0 spiro atoms. The van der Waals surface area contributed by atoms with Crippen LogP contribution in [0.25, 0.3) is 0 Å². The summed E-state index contributed by atoms with van der Waals surface area (Å²) in [6, 6.07) is 7.98. The molecule has 94 valence electrons. The summed E-state index contributed by atoms with van der Waals surface area (Å²) in [5.74, 6) is 1.90. The Morgan fingerprint density at radius 2 is 0.882 bits per heavy atom. The fourth-order valence-electron chi connectivity index (χ4n) is 2.10. The fraction of sp³-hybridized carbons (Fsp3) is 0.600. The third-order valence-electron chi connectivity index (χ3n) is 3.15. The first-order chi connectivity index (χ1) is 8.45. The average Bonchev–Trinajstić information content (AvgIpc) is 2.38. The maximum atomic E-state index is 5.68. The number of ether oxygens (including phenoxy) is 2. The highest BCUT2D eigenvalue weighted by Gasteiger charge is 1.99. The standard InChI is InChI=1S/C15H22O2/c1-2-4-6-12-16-14-8-10-15(11-9-14)17-13-7-5-3-1/h8-11H,1-7,12-13H2. The fourth-order valence-corrected chi connectivity index (χ4v) is 2.10. The van der Waals surface area contributed by atoms with Crippen LogP contribution in [0.15, 0.2) is 24.3 Å². The summed E-state index contributed by atoms with van der Waals surface area (Å²) >= 11 is 0. The Hall–Kier alpha value is -1.18. The van der Waals surface area contributed by atoms with Crippen LogP contribution < -0.4 is 9.47 Å². The van der Waals surface area contributed by atoms with Gasteiger partial charge in [0.25, 0.3) is 0 Å². The molecule has 2 nitrogen and oxygen atoms in total. The Bertz CT molecular complexity index is 274. The molecule has 2 heteroatoms. The lowest BCUT2D eigenvalue weighted by atomic mass is 10.1. The van der Waals surface area contributed by atoms with E-state index in [1.807, 2.05) is 24.3 Å². The zero-order valence-electron chi connectivity index (χ0n) is 10.5. The van der Waals surface area contributed by atoms with E-state index in [-0.39, 0.29) is 0 Å². The largest absolute Gasteiger partial charge is 0.494 e. The molecule has 2 heterocycles. The highest BCUT2D eigenvalue weighted by molar-refractivity contribution is 5.31. The van der Waals surface area contributed by atoms with E-state index < -0.39 is 0 Å². The maximum Gasteiger partial charge on any atom is 0.119 e. The van der Waals surface area contributed by atoms with Crippen molar-refractivity contribution in [2.75, 3.05) is 13.2 Å². The minimum atomic E-state index is 0.834. The predicted octanol–water partition coefficient (Wildman–Crippen LogP) is 4.19. The Labute approximate surface area is 104 Å². The highest BCUT2D eigenvalue weighted by atomic mass is 16.5. The Kier molecular flexibility index (Phi) is 5.21. The molecule has 0 fully saturated rings. The molecule has 2 bridgehead atoms. The third kappa shape index (κ3) is 4.68. The van der Waals surface area contributed by atoms with E-state index in [1.165, 1.54) is 32.1 Å². The summed E-state index contributed by atoms with van der Waals surface area (Å²) in [7, 11) is 0. The first-order valence-corrected chi connectivity index (χ1v) is 6.81. The van der Waals surface area contributed by atoms with Gasteiger partial charge in [0.1, 0.15) is 11.5 Å². The van der Waals surface area contributed by atoms with Gasteiger partial charge in [0.15, 0.2) is 0 Å². The van der Waals surface area contributed by atoms with Crippen LogP contribution in [0.5, 0.6) is 11.5 Å². The van der Waals surface area contributed by atoms with Gasteiger partial charge in [-0.15, -0.1) is 0 Å². The molecular weight excluding hydrogens is 212 g/mol. The van der Waals surface area contributed by atoms with Gasteiger partial charge in [-0.05, 0) is 37.1 Å². The first kappa shape index (κ1) is 12.3. The second-order valence-corrected chi connectivity index (χ2v) is 4.64. The van der Waals surface area contributed by atoms with Crippen LogP contribution in [0.1, 0.15) is 44.9 Å². The molecule has 2 aliphatic heterocycles. The summed E-state index contributed by atoms with van der Waals surface area (Å²) in [6.45, 7) is 1.67. The van der Waals surface area contributed by atoms with Crippen LogP contribution in [0.4, 0.5) is 0 Å². The van der Waals surface area contributed by atoms with Crippen LogP contribution in [-0.2, 0) is 0 Å². The molecule has 0 aromatic heterocycles. The number of fused-ring (bicyclic) bond motifs is 12. The molecule has 0 saturated carbocycles. The van der Waals surface area contributed by atoms with Crippen molar-refractivity contribution in [3.63, 3.8) is 0 Å². The van der Waals surface area contributed by atoms with Crippen molar-refractivity contribution in [3.8, 4) is 11.5 Å². The molecular formula is C15H22O2. The minimum absolute atomic E-state index is 0.834. The van der Waals surface area contributed by atoms with E-state index in [9.17, 15) is 0 Å². The van der Waals surface area contributed by atoms with Gasteiger partial charge >= 0.3 is 0 Å². The lowest BCUT2D eigenvalue weighted by Gasteiger charge is -2.07. The Morgan fingerprint density at radius 3 is 1.29 bits per heavy atom. The van der Waals surface area contributed by atoms with Crippen LogP contribution in [0, 0.1) is 0 Å². The smallest absolute Gasteiger partial charge is 0.119 e. The maximum absolute atomic E-state index is 5.68. The second-order valence-electron chi connectivity index (χ2n) is 4.64. The van der Waals surface area contributed by atoms with Gasteiger partial charge in [0.2, 0.25) is 0 Å². The zero-order valence-corrected chi connectivity index (χ0v) is 10.5. The molecule has 2 aliphatic rings. The van der Waals surface area contributed by atoms with Gasteiger partial charge in [-0.1, -0.05) is 32.1 Å². The molecule has 0 radical (unpaired) electrons. The number of hydrogen-bond donors (Lipinski definition) is 0. The summed E-state index contributed by atoms with van der Waals surface area (Å²) in [4.78, 5) is 0. The van der Waals surface area contributed by atoms with Crippen LogP contribution in [0.3, 0.4) is 0 Å². The van der Waals surface area contributed by atoms with Gasteiger partial charge in [0, 0.05) is 0 Å². The SMILES string of the molecule is c1cc2ccc1OCCCCCCCCCO2. The molecule has 17 heavy (non-hydrogen) atoms. The normalized spacial score (nSPS) is 18.6. The van der Waals surface area contributed by atoms with Crippen molar-refractivity contribution in [1.29, 1.82) is 0 Å². The highest BCUT2D eigenvalue weighted by Crippen LogP contribution is 2.19. The molecule has 0 unspecified atom stereocenters. The summed E-state index contributed by atoms with van der Waals surface area (Å²) in [5, 5.41) is 0. The number of hydrogen-bond acceptors (Lipinski definition) is 2. The predicted molar refractivity (Wildman–Crippen MR) is 69.8 cm³/mol. The monoisotopic (exact) mass is 234 g/mol. The van der Waals surface area contributed by atoms with Gasteiger partial charge in [0.05, 0.1) is 13.2 Å². The molecule has 3 rings (SSSR count). The zero-order chi connectivity index (χ0) is 11.8. The summed E-state index contributed by atoms with van der Waals surface area (Å²) in [5.41, 5.74) is 0. The molecule has 0 amide bonds. The van der Waals surface area contributed by atoms with Crippen LogP contribution >= 0.6 is 0 Å². The van der Waals surface area contributed by atoms with Crippen molar-refractivity contribution in [1.82, 2.24) is 0 Å². The van der Waals surface area contributed by atoms with Crippen molar-refractivity contribution < 1.29 is 9.47 Å². The van der Waals surface area contributed by atoms with Gasteiger partial charge < -0.3 is 9.47 Å². The van der Waals surface area contributed by atoms with Crippen LogP contribution in [0.2, 0.25) is 0 Å². The topological polar surface area (TPSA) is 18.5 Å². The van der Waals surface area contributed by atoms with Crippen molar-refractivity contribution >= 4 is 0 Å². The van der Waals surface area contributed by atoms with E-state index in [4.69, 9.17) is 9.47 Å². The second kappa shape index (κ2) is 7.21. The van der Waals surface area contributed by atoms with Crippen molar-refractivity contribution in [2.45, 2.75) is 44.9 Å². The van der Waals surface area contributed by atoms with E-state index in [1.54, 1.807) is 0 Å². The molecule has 1 aromatic carbocycles. The van der Waals surface area contributed by atoms with Crippen molar-refractivity contribution in [3.05, 3.63) is 24.3 Å². The minimum Gasteiger partial charge on any atom is -0.494 e. The molecule has 0 atom stereocenters. The third-order valence-corrected chi connectivity index (χ3v) is 3.15. The average molecular weight is 234 g/mol. The molecule has 0 aliphatic carbocycles. The van der Waals surface area contributed by atoms with E-state index in [2.05, 4.69) is 0 Å². The molecule has 0 saturated heterocycles. The van der Waals surface area contributed by atoms with Gasteiger partial charge in [-0.2, -0.15) is 0 Å².